The first-order valence-corrected chi connectivity index (χ1v) is 6.75. The molecule has 1 saturated carbocycles. The summed E-state index contributed by atoms with van der Waals surface area (Å²) in [5, 5.41) is 0. The summed E-state index contributed by atoms with van der Waals surface area (Å²) in [6, 6.07) is 0. The lowest BCUT2D eigenvalue weighted by Crippen LogP contribution is -2.22. The molecule has 0 amide bonds. The second-order valence-electron chi connectivity index (χ2n) is 5.00. The topological polar surface area (TPSA) is 34.1 Å². The minimum atomic E-state index is -0.292. The van der Waals surface area contributed by atoms with Gasteiger partial charge in [0, 0.05) is 6.42 Å². The predicted octanol–water partition coefficient (Wildman–Crippen LogP) is 3.68. The molecule has 1 atom stereocenters. The second kappa shape index (κ2) is 7.59. The van der Waals surface area contributed by atoms with Crippen LogP contribution in [0, 0.1) is 5.92 Å². The van der Waals surface area contributed by atoms with E-state index in [1.165, 1.54) is 32.1 Å². The summed E-state index contributed by atoms with van der Waals surface area (Å²) in [5.41, 5.74) is 0. The molecule has 0 saturated heterocycles. The molecule has 2 heteroatoms. The maximum Gasteiger partial charge on any atom is 0.143 e. The molecular formula is C14H24O2. The summed E-state index contributed by atoms with van der Waals surface area (Å²) in [6.45, 7) is 1.56. The van der Waals surface area contributed by atoms with Gasteiger partial charge in [-0.05, 0) is 19.8 Å². The lowest BCUT2D eigenvalue weighted by atomic mass is 9.89. The average molecular weight is 224 g/mol. The molecule has 16 heavy (non-hydrogen) atoms. The van der Waals surface area contributed by atoms with E-state index in [0.717, 1.165) is 25.7 Å². The van der Waals surface area contributed by atoms with Crippen molar-refractivity contribution in [2.75, 3.05) is 0 Å². The van der Waals surface area contributed by atoms with Crippen molar-refractivity contribution < 1.29 is 9.59 Å². The van der Waals surface area contributed by atoms with Gasteiger partial charge >= 0.3 is 0 Å². The van der Waals surface area contributed by atoms with Crippen LogP contribution in [0.25, 0.3) is 0 Å². The van der Waals surface area contributed by atoms with Gasteiger partial charge in [0.2, 0.25) is 0 Å². The van der Waals surface area contributed by atoms with E-state index >= 15 is 0 Å². The number of carbonyl (C=O) groups is 2. The molecule has 0 radical (unpaired) electrons. The summed E-state index contributed by atoms with van der Waals surface area (Å²) in [7, 11) is 0. The molecule has 0 unspecified atom stereocenters. The van der Waals surface area contributed by atoms with Crippen LogP contribution in [0.15, 0.2) is 0 Å². The fourth-order valence-corrected chi connectivity index (χ4v) is 2.47. The Balaban J connectivity index is 2.46. The third-order valence-corrected chi connectivity index (χ3v) is 3.55. The van der Waals surface area contributed by atoms with Gasteiger partial charge < -0.3 is 0 Å². The molecule has 2 nitrogen and oxygen atoms in total. The van der Waals surface area contributed by atoms with Crippen molar-refractivity contribution >= 4 is 11.6 Å². The Morgan fingerprint density at radius 3 is 2.00 bits per heavy atom. The first kappa shape index (κ1) is 13.4. The quantitative estimate of drug-likeness (QED) is 0.637. The van der Waals surface area contributed by atoms with Gasteiger partial charge in [-0.25, -0.2) is 0 Å². The number of hydrogen-bond acceptors (Lipinski definition) is 2. The molecule has 0 spiro atoms. The van der Waals surface area contributed by atoms with E-state index in [2.05, 4.69) is 0 Å². The highest BCUT2D eigenvalue weighted by molar-refractivity contribution is 6.01. The fraction of sp³-hybridized carbons (Fsp3) is 0.857. The zero-order valence-corrected chi connectivity index (χ0v) is 10.5. The first-order chi connectivity index (χ1) is 7.72. The monoisotopic (exact) mass is 224 g/mol. The highest BCUT2D eigenvalue weighted by Crippen LogP contribution is 2.19. The summed E-state index contributed by atoms with van der Waals surface area (Å²) in [6.07, 6.45) is 10.9. The van der Waals surface area contributed by atoms with E-state index < -0.39 is 0 Å². The molecule has 1 aliphatic carbocycles. The molecule has 0 aromatic rings. The van der Waals surface area contributed by atoms with Gasteiger partial charge in [-0.1, -0.05) is 44.9 Å². The Labute approximate surface area is 98.8 Å². The molecule has 0 heterocycles. The Morgan fingerprint density at radius 1 is 0.938 bits per heavy atom. The smallest absolute Gasteiger partial charge is 0.143 e. The van der Waals surface area contributed by atoms with Crippen molar-refractivity contribution in [2.45, 2.75) is 71.1 Å². The zero-order valence-electron chi connectivity index (χ0n) is 10.5. The summed E-state index contributed by atoms with van der Waals surface area (Å²) >= 11 is 0. The summed E-state index contributed by atoms with van der Waals surface area (Å²) < 4.78 is 0. The van der Waals surface area contributed by atoms with Crippen molar-refractivity contribution in [1.29, 1.82) is 0 Å². The molecule has 1 rings (SSSR count). The number of ketones is 2. The van der Waals surface area contributed by atoms with Crippen LogP contribution >= 0.6 is 0 Å². The van der Waals surface area contributed by atoms with Crippen LogP contribution in [0.2, 0.25) is 0 Å². The minimum absolute atomic E-state index is 0.0714. The number of rotatable bonds is 1. The van der Waals surface area contributed by atoms with E-state index in [-0.39, 0.29) is 17.5 Å². The molecule has 1 aliphatic rings. The highest BCUT2D eigenvalue weighted by atomic mass is 16.1. The van der Waals surface area contributed by atoms with Crippen LogP contribution < -0.4 is 0 Å². The van der Waals surface area contributed by atoms with Crippen LogP contribution in [-0.2, 0) is 9.59 Å². The molecule has 0 aromatic carbocycles. The standard InChI is InChI=1S/C14H24O2/c1-12(15)13-10-8-6-4-2-3-5-7-9-11-14(13)16/h13H,2-11H2,1H3/t13-/m1/s1. The lowest BCUT2D eigenvalue weighted by molar-refractivity contribution is -0.132. The normalized spacial score (nSPS) is 25.6. The van der Waals surface area contributed by atoms with Crippen LogP contribution in [0.1, 0.15) is 71.1 Å². The third-order valence-electron chi connectivity index (χ3n) is 3.55. The Hall–Kier alpha value is -0.660. The van der Waals surface area contributed by atoms with Crippen LogP contribution in [0.3, 0.4) is 0 Å². The van der Waals surface area contributed by atoms with Crippen molar-refractivity contribution in [3.63, 3.8) is 0 Å². The van der Waals surface area contributed by atoms with Gasteiger partial charge in [0.25, 0.3) is 0 Å². The molecule has 1 fully saturated rings. The number of carbonyl (C=O) groups excluding carboxylic acids is 2. The molecule has 0 N–H and O–H groups in total. The van der Waals surface area contributed by atoms with E-state index in [1.807, 2.05) is 0 Å². The molecule has 0 aromatic heterocycles. The van der Waals surface area contributed by atoms with E-state index in [1.54, 1.807) is 6.92 Å². The van der Waals surface area contributed by atoms with E-state index in [9.17, 15) is 9.59 Å². The van der Waals surface area contributed by atoms with Crippen molar-refractivity contribution in [2.24, 2.45) is 5.92 Å². The maximum atomic E-state index is 11.9. The Kier molecular flexibility index (Phi) is 6.36. The van der Waals surface area contributed by atoms with Gasteiger partial charge in [-0.2, -0.15) is 0 Å². The molecule has 0 bridgehead atoms. The van der Waals surface area contributed by atoms with Crippen molar-refractivity contribution in [3.05, 3.63) is 0 Å². The Bertz CT molecular complexity index is 233. The lowest BCUT2D eigenvalue weighted by Gasteiger charge is -2.13. The number of hydrogen-bond donors (Lipinski definition) is 0. The van der Waals surface area contributed by atoms with Gasteiger partial charge in [0.15, 0.2) is 0 Å². The Morgan fingerprint density at radius 2 is 1.44 bits per heavy atom. The van der Waals surface area contributed by atoms with E-state index in [0.29, 0.717) is 6.42 Å². The molecule has 0 aliphatic heterocycles. The van der Waals surface area contributed by atoms with E-state index in [4.69, 9.17) is 0 Å². The fourth-order valence-electron chi connectivity index (χ4n) is 2.47. The highest BCUT2D eigenvalue weighted by Gasteiger charge is 2.21. The maximum absolute atomic E-state index is 11.9. The van der Waals surface area contributed by atoms with Crippen LogP contribution in [0.5, 0.6) is 0 Å². The van der Waals surface area contributed by atoms with Crippen molar-refractivity contribution in [1.82, 2.24) is 0 Å². The summed E-state index contributed by atoms with van der Waals surface area (Å²) in [5.74, 6) is -0.0328. The SMILES string of the molecule is CC(=O)[C@H]1CCCCCCCCCCC1=O. The average Bonchev–Trinajstić information content (AvgIpc) is 2.22. The van der Waals surface area contributed by atoms with Gasteiger partial charge in [0.05, 0.1) is 5.92 Å². The zero-order chi connectivity index (χ0) is 11.8. The first-order valence-electron chi connectivity index (χ1n) is 6.75. The minimum Gasteiger partial charge on any atom is -0.299 e. The largest absolute Gasteiger partial charge is 0.299 e. The molecular weight excluding hydrogens is 200 g/mol. The summed E-state index contributed by atoms with van der Waals surface area (Å²) in [4.78, 5) is 23.3. The van der Waals surface area contributed by atoms with Crippen LogP contribution in [-0.4, -0.2) is 11.6 Å². The van der Waals surface area contributed by atoms with Gasteiger partial charge in [-0.3, -0.25) is 9.59 Å². The molecule has 92 valence electrons. The van der Waals surface area contributed by atoms with Gasteiger partial charge in [-0.15, -0.1) is 0 Å². The van der Waals surface area contributed by atoms with Crippen molar-refractivity contribution in [3.8, 4) is 0 Å². The third kappa shape index (κ3) is 4.91. The van der Waals surface area contributed by atoms with Crippen LogP contribution in [0.4, 0.5) is 0 Å². The second-order valence-corrected chi connectivity index (χ2v) is 5.00. The van der Waals surface area contributed by atoms with Gasteiger partial charge in [0.1, 0.15) is 11.6 Å². The predicted molar refractivity (Wildman–Crippen MR) is 65.3 cm³/mol. The number of Topliss-reactive ketones (excluding diaryl/α,β-unsaturated/α-hetero) is 2.